The van der Waals surface area contributed by atoms with E-state index in [1.807, 2.05) is 17.0 Å². The van der Waals surface area contributed by atoms with Gasteiger partial charge in [0.1, 0.15) is 5.01 Å². The van der Waals surface area contributed by atoms with Gasteiger partial charge in [0, 0.05) is 32.5 Å². The van der Waals surface area contributed by atoms with E-state index < -0.39 is 0 Å². The topological polar surface area (TPSA) is 84.9 Å². The van der Waals surface area contributed by atoms with E-state index >= 15 is 0 Å². The Morgan fingerprint density at radius 3 is 2.63 bits per heavy atom. The molecule has 1 aromatic carbocycles. The van der Waals surface area contributed by atoms with Gasteiger partial charge in [-0.25, -0.2) is 0 Å². The number of amides is 2. The van der Waals surface area contributed by atoms with E-state index in [4.69, 9.17) is 9.47 Å². The molecule has 0 bridgehead atoms. The van der Waals surface area contributed by atoms with Gasteiger partial charge in [-0.05, 0) is 36.1 Å². The van der Waals surface area contributed by atoms with Crippen molar-refractivity contribution in [1.29, 1.82) is 0 Å². The number of hydrogen-bond acceptors (Lipinski definition) is 7. The van der Waals surface area contributed by atoms with Crippen molar-refractivity contribution in [2.24, 2.45) is 5.92 Å². The van der Waals surface area contributed by atoms with Gasteiger partial charge in [-0.1, -0.05) is 18.3 Å². The summed E-state index contributed by atoms with van der Waals surface area (Å²) >= 11 is 1.44. The predicted molar refractivity (Wildman–Crippen MR) is 113 cm³/mol. The minimum atomic E-state index is -0.349. The van der Waals surface area contributed by atoms with Gasteiger partial charge in [0.25, 0.3) is 0 Å². The lowest BCUT2D eigenvalue weighted by Crippen LogP contribution is -2.40. The van der Waals surface area contributed by atoms with Crippen molar-refractivity contribution in [3.05, 3.63) is 28.3 Å². The van der Waals surface area contributed by atoms with Gasteiger partial charge in [0.2, 0.25) is 16.9 Å². The Hall–Kier alpha value is -2.68. The maximum Gasteiger partial charge on any atom is 0.229 e. The molecule has 0 aliphatic carbocycles. The highest BCUT2D eigenvalue weighted by Crippen LogP contribution is 2.34. The molecule has 2 aliphatic rings. The largest absolute Gasteiger partial charge is 0.493 e. The van der Waals surface area contributed by atoms with Crippen molar-refractivity contribution in [3.8, 4) is 11.5 Å². The van der Waals surface area contributed by atoms with Gasteiger partial charge in [-0.3, -0.25) is 14.5 Å². The Labute approximate surface area is 179 Å². The molecule has 2 amide bonds. The summed E-state index contributed by atoms with van der Waals surface area (Å²) < 4.78 is 10.8. The average molecular weight is 431 g/mol. The van der Waals surface area contributed by atoms with Crippen molar-refractivity contribution in [2.75, 3.05) is 32.2 Å². The van der Waals surface area contributed by atoms with Gasteiger partial charge in [0.15, 0.2) is 11.5 Å². The second kappa shape index (κ2) is 8.59. The molecular formula is C21H26N4O4S. The van der Waals surface area contributed by atoms with Gasteiger partial charge in [-0.15, -0.1) is 10.2 Å². The Morgan fingerprint density at radius 1 is 1.20 bits per heavy atom. The summed E-state index contributed by atoms with van der Waals surface area (Å²) in [6, 6.07) is 3.93. The number of carbonyl (C=O) groups excluding carboxylic acids is 2. The summed E-state index contributed by atoms with van der Waals surface area (Å²) in [5.41, 5.74) is 2.22. The molecule has 1 unspecified atom stereocenters. The highest BCUT2D eigenvalue weighted by Gasteiger charge is 2.39. The quantitative estimate of drug-likeness (QED) is 0.700. The fraction of sp³-hybridized carbons (Fsp3) is 0.524. The molecule has 1 aromatic heterocycles. The minimum absolute atomic E-state index is 0.0181. The number of hydrogen-bond donors (Lipinski definition) is 0. The smallest absolute Gasteiger partial charge is 0.229 e. The average Bonchev–Trinajstić information content (AvgIpc) is 3.38. The van der Waals surface area contributed by atoms with E-state index in [1.54, 1.807) is 19.1 Å². The van der Waals surface area contributed by atoms with Gasteiger partial charge >= 0.3 is 0 Å². The third kappa shape index (κ3) is 3.86. The number of benzene rings is 1. The molecular weight excluding hydrogens is 404 g/mol. The Kier molecular flexibility index (Phi) is 5.90. The number of nitrogens with zero attached hydrogens (tertiary/aromatic N) is 4. The van der Waals surface area contributed by atoms with Crippen LogP contribution in [-0.4, -0.2) is 54.2 Å². The van der Waals surface area contributed by atoms with Crippen LogP contribution in [0.5, 0.6) is 11.5 Å². The molecule has 160 valence electrons. The summed E-state index contributed by atoms with van der Waals surface area (Å²) in [4.78, 5) is 29.2. The molecule has 1 saturated heterocycles. The van der Waals surface area contributed by atoms with Crippen molar-refractivity contribution in [1.82, 2.24) is 15.1 Å². The lowest BCUT2D eigenvalue weighted by atomic mass is 9.97. The fourth-order valence-corrected chi connectivity index (χ4v) is 5.02. The van der Waals surface area contributed by atoms with E-state index in [0.29, 0.717) is 36.3 Å². The molecule has 3 heterocycles. The zero-order chi connectivity index (χ0) is 21.3. The number of rotatable bonds is 6. The van der Waals surface area contributed by atoms with Crippen molar-refractivity contribution in [2.45, 2.75) is 39.2 Å². The summed E-state index contributed by atoms with van der Waals surface area (Å²) in [6.07, 6.45) is 2.81. The highest BCUT2D eigenvalue weighted by atomic mass is 32.1. The van der Waals surface area contributed by atoms with Crippen molar-refractivity contribution in [3.63, 3.8) is 0 Å². The number of ether oxygens (including phenoxy) is 2. The van der Waals surface area contributed by atoms with Crippen LogP contribution in [0.1, 0.15) is 35.9 Å². The second-order valence-electron chi connectivity index (χ2n) is 7.62. The first-order valence-electron chi connectivity index (χ1n) is 10.2. The molecule has 0 N–H and O–H groups in total. The Morgan fingerprint density at radius 2 is 1.93 bits per heavy atom. The van der Waals surface area contributed by atoms with Crippen molar-refractivity contribution < 1.29 is 19.1 Å². The minimum Gasteiger partial charge on any atom is -0.493 e. The fourth-order valence-electron chi connectivity index (χ4n) is 4.06. The first-order valence-corrected chi connectivity index (χ1v) is 11.0. The molecule has 0 spiro atoms. The molecule has 1 fully saturated rings. The monoisotopic (exact) mass is 430 g/mol. The number of carbonyl (C=O) groups is 2. The molecule has 2 aromatic rings. The summed E-state index contributed by atoms with van der Waals surface area (Å²) in [5, 5.41) is 9.84. The molecule has 2 aliphatic heterocycles. The molecule has 9 heteroatoms. The maximum absolute atomic E-state index is 13.2. The van der Waals surface area contributed by atoms with Crippen LogP contribution < -0.4 is 14.4 Å². The molecule has 8 nitrogen and oxygen atoms in total. The van der Waals surface area contributed by atoms with Crippen LogP contribution in [0.3, 0.4) is 0 Å². The summed E-state index contributed by atoms with van der Waals surface area (Å²) in [5.74, 6) is 0.971. The Balaban J connectivity index is 1.46. The van der Waals surface area contributed by atoms with Gasteiger partial charge in [0.05, 0.1) is 20.1 Å². The number of aromatic nitrogens is 2. The Bertz CT molecular complexity index is 960. The van der Waals surface area contributed by atoms with Crippen LogP contribution in [-0.2, 0) is 29.0 Å². The predicted octanol–water partition coefficient (Wildman–Crippen LogP) is 2.45. The van der Waals surface area contributed by atoms with Crippen LogP contribution in [0, 0.1) is 5.92 Å². The SMILES string of the molecule is CCCc1nnc(N2CC(C(=O)N3CCc4cc(OC)c(OC)cc4C3)CC2=O)s1. The van der Waals surface area contributed by atoms with Gasteiger partial charge in [-0.2, -0.15) is 0 Å². The standard InChI is InChI=1S/C21H26N4O4S/c1-4-5-18-22-23-21(30-18)25-12-15(10-19(25)26)20(27)24-7-6-13-8-16(28-2)17(29-3)9-14(13)11-24/h8-9,15H,4-7,10-12H2,1-3H3. The number of methoxy groups -OCH3 is 2. The van der Waals surface area contributed by atoms with E-state index in [0.717, 1.165) is 35.4 Å². The summed E-state index contributed by atoms with van der Waals surface area (Å²) in [6.45, 7) is 3.59. The normalized spacial score (nSPS) is 18.5. The van der Waals surface area contributed by atoms with Crippen LogP contribution in [0.4, 0.5) is 5.13 Å². The van der Waals surface area contributed by atoms with E-state index in [-0.39, 0.29) is 24.2 Å². The van der Waals surface area contributed by atoms with Gasteiger partial charge < -0.3 is 14.4 Å². The molecule has 0 saturated carbocycles. The van der Waals surface area contributed by atoms with Crippen LogP contribution >= 0.6 is 11.3 Å². The molecule has 0 radical (unpaired) electrons. The number of fused-ring (bicyclic) bond motifs is 1. The van der Waals surface area contributed by atoms with Crippen LogP contribution in [0.15, 0.2) is 12.1 Å². The lowest BCUT2D eigenvalue weighted by Gasteiger charge is -2.31. The van der Waals surface area contributed by atoms with E-state index in [9.17, 15) is 9.59 Å². The zero-order valence-electron chi connectivity index (χ0n) is 17.5. The first-order chi connectivity index (χ1) is 14.5. The van der Waals surface area contributed by atoms with Crippen LogP contribution in [0.2, 0.25) is 0 Å². The second-order valence-corrected chi connectivity index (χ2v) is 8.66. The third-order valence-electron chi connectivity index (χ3n) is 5.65. The van der Waals surface area contributed by atoms with E-state index in [1.165, 1.54) is 11.3 Å². The first kappa shape index (κ1) is 20.6. The van der Waals surface area contributed by atoms with Crippen molar-refractivity contribution >= 4 is 28.3 Å². The zero-order valence-corrected chi connectivity index (χ0v) is 18.3. The molecule has 4 rings (SSSR count). The van der Waals surface area contributed by atoms with Crippen LogP contribution in [0.25, 0.3) is 0 Å². The number of aryl methyl sites for hydroxylation is 1. The number of anilines is 1. The highest BCUT2D eigenvalue weighted by molar-refractivity contribution is 7.15. The lowest BCUT2D eigenvalue weighted by molar-refractivity contribution is -0.136. The third-order valence-corrected chi connectivity index (χ3v) is 6.66. The molecule has 1 atom stereocenters. The maximum atomic E-state index is 13.2. The molecule has 30 heavy (non-hydrogen) atoms. The van der Waals surface area contributed by atoms with E-state index in [2.05, 4.69) is 17.1 Å². The summed E-state index contributed by atoms with van der Waals surface area (Å²) in [7, 11) is 3.23.